The van der Waals surface area contributed by atoms with Crippen LogP contribution in [0, 0.1) is 0 Å². The van der Waals surface area contributed by atoms with E-state index in [9.17, 15) is 8.42 Å². The molecule has 134 valence electrons. The summed E-state index contributed by atoms with van der Waals surface area (Å²) in [6, 6.07) is 21.3. The Bertz CT molecular complexity index is 949. The van der Waals surface area contributed by atoms with Gasteiger partial charge in [-0.2, -0.15) is 12.8 Å². The van der Waals surface area contributed by atoms with Gasteiger partial charge >= 0.3 is 0 Å². The highest BCUT2D eigenvalue weighted by molar-refractivity contribution is 7.92. The Kier molecular flexibility index (Phi) is 5.85. The van der Waals surface area contributed by atoms with Crippen molar-refractivity contribution in [2.24, 2.45) is 4.40 Å². The number of anilines is 1. The Labute approximate surface area is 158 Å². The molecule has 0 unspecified atom stereocenters. The van der Waals surface area contributed by atoms with Crippen LogP contribution < -0.4 is 4.90 Å². The summed E-state index contributed by atoms with van der Waals surface area (Å²) in [4.78, 5) is 2.26. The van der Waals surface area contributed by atoms with E-state index in [0.29, 0.717) is 0 Å². The molecular formula is C20H20N2O2S2. The first-order chi connectivity index (χ1) is 12.6. The molecule has 0 N–H and O–H groups in total. The van der Waals surface area contributed by atoms with Crippen molar-refractivity contribution in [1.29, 1.82) is 0 Å². The highest BCUT2D eigenvalue weighted by Crippen LogP contribution is 2.20. The summed E-state index contributed by atoms with van der Waals surface area (Å²) in [5.74, 6) is 0. The monoisotopic (exact) mass is 384 g/mol. The number of nitrogens with zero attached hydrogens (tertiary/aromatic N) is 2. The third kappa shape index (κ3) is 4.59. The molecule has 0 aliphatic heterocycles. The molecule has 0 saturated heterocycles. The first-order valence-corrected chi connectivity index (χ1v) is 10.6. The van der Waals surface area contributed by atoms with Gasteiger partial charge < -0.3 is 4.90 Å². The molecule has 2 aromatic carbocycles. The zero-order valence-electron chi connectivity index (χ0n) is 14.4. The van der Waals surface area contributed by atoms with E-state index >= 15 is 0 Å². The van der Waals surface area contributed by atoms with E-state index < -0.39 is 10.0 Å². The number of benzene rings is 2. The molecule has 0 spiro atoms. The molecule has 6 heteroatoms. The molecule has 0 aliphatic rings. The summed E-state index contributed by atoms with van der Waals surface area (Å²) < 4.78 is 28.2. The van der Waals surface area contributed by atoms with Crippen LogP contribution in [0.3, 0.4) is 0 Å². The van der Waals surface area contributed by atoms with E-state index in [1.807, 2.05) is 42.5 Å². The molecule has 0 radical (unpaired) electrons. The van der Waals surface area contributed by atoms with Crippen molar-refractivity contribution >= 4 is 33.3 Å². The highest BCUT2D eigenvalue weighted by Gasteiger charge is 2.12. The second-order valence-electron chi connectivity index (χ2n) is 5.73. The lowest BCUT2D eigenvalue weighted by Crippen LogP contribution is -2.21. The van der Waals surface area contributed by atoms with Crippen LogP contribution in [-0.4, -0.2) is 21.2 Å². The van der Waals surface area contributed by atoms with Gasteiger partial charge in [0, 0.05) is 25.0 Å². The molecule has 1 heterocycles. The summed E-state index contributed by atoms with van der Waals surface area (Å²) in [5.41, 5.74) is 3.10. The van der Waals surface area contributed by atoms with Crippen LogP contribution in [0.1, 0.15) is 18.1 Å². The quantitative estimate of drug-likeness (QED) is 0.560. The summed E-state index contributed by atoms with van der Waals surface area (Å²) >= 11 is 1.17. The van der Waals surface area contributed by atoms with Crippen molar-refractivity contribution in [2.45, 2.75) is 17.7 Å². The number of hydrogen-bond acceptors (Lipinski definition) is 4. The third-order valence-corrected chi connectivity index (χ3v) is 6.56. The van der Waals surface area contributed by atoms with Gasteiger partial charge in [0.15, 0.2) is 0 Å². The van der Waals surface area contributed by atoms with Crippen LogP contribution in [0.5, 0.6) is 0 Å². The Morgan fingerprint density at radius 2 is 1.73 bits per heavy atom. The van der Waals surface area contributed by atoms with E-state index in [0.717, 1.165) is 24.3 Å². The standard InChI is InChI=1S/C20H20N2O2S2/c1-2-22(16-18-7-4-3-5-8-18)19-12-10-17(11-13-19)15-21-26(23,24)20-9-6-14-25-20/h3-15H,2,16H2,1H3/b21-15-. The first-order valence-electron chi connectivity index (χ1n) is 8.31. The molecule has 0 saturated carbocycles. The Balaban J connectivity index is 1.72. The van der Waals surface area contributed by atoms with E-state index in [2.05, 4.69) is 28.4 Å². The topological polar surface area (TPSA) is 49.7 Å². The minimum absolute atomic E-state index is 0.255. The third-order valence-electron chi connectivity index (χ3n) is 3.95. The second-order valence-corrected chi connectivity index (χ2v) is 8.54. The van der Waals surface area contributed by atoms with Crippen LogP contribution in [0.15, 0.2) is 80.7 Å². The van der Waals surface area contributed by atoms with Crippen molar-refractivity contribution in [3.8, 4) is 0 Å². The lowest BCUT2D eigenvalue weighted by atomic mass is 10.1. The van der Waals surface area contributed by atoms with Crippen LogP contribution in [0.2, 0.25) is 0 Å². The van der Waals surface area contributed by atoms with E-state index in [1.165, 1.54) is 23.1 Å². The molecule has 0 bridgehead atoms. The number of rotatable bonds is 7. The predicted octanol–water partition coefficient (Wildman–Crippen LogP) is 4.58. The number of thiophene rings is 1. The van der Waals surface area contributed by atoms with Crippen LogP contribution >= 0.6 is 11.3 Å². The minimum atomic E-state index is -3.61. The van der Waals surface area contributed by atoms with E-state index in [1.54, 1.807) is 17.5 Å². The fraction of sp³-hybridized carbons (Fsp3) is 0.150. The molecule has 0 atom stereocenters. The predicted molar refractivity (Wildman–Crippen MR) is 109 cm³/mol. The average Bonchev–Trinajstić information content (AvgIpc) is 3.22. The smallest absolute Gasteiger partial charge is 0.291 e. The van der Waals surface area contributed by atoms with Crippen molar-refractivity contribution < 1.29 is 8.42 Å². The van der Waals surface area contributed by atoms with Gasteiger partial charge in [0.05, 0.1) is 0 Å². The molecule has 0 fully saturated rings. The molecular weight excluding hydrogens is 364 g/mol. The molecule has 0 amide bonds. The summed E-state index contributed by atoms with van der Waals surface area (Å²) in [6.07, 6.45) is 1.40. The Hall–Kier alpha value is -2.44. The fourth-order valence-electron chi connectivity index (χ4n) is 2.55. The Morgan fingerprint density at radius 3 is 2.35 bits per heavy atom. The van der Waals surface area contributed by atoms with Gasteiger partial charge in [0.2, 0.25) is 0 Å². The normalized spacial score (nSPS) is 11.7. The first kappa shape index (κ1) is 18.4. The molecule has 4 nitrogen and oxygen atoms in total. The van der Waals surface area contributed by atoms with Gasteiger partial charge in [-0.25, -0.2) is 0 Å². The maximum absolute atomic E-state index is 12.1. The van der Waals surface area contributed by atoms with Crippen LogP contribution in [0.4, 0.5) is 5.69 Å². The van der Waals surface area contributed by atoms with E-state index in [-0.39, 0.29) is 4.21 Å². The maximum Gasteiger partial charge on any atom is 0.291 e. The number of hydrogen-bond donors (Lipinski definition) is 0. The Morgan fingerprint density at radius 1 is 1.00 bits per heavy atom. The van der Waals surface area contributed by atoms with Gasteiger partial charge in [0.25, 0.3) is 10.0 Å². The summed E-state index contributed by atoms with van der Waals surface area (Å²) in [5, 5.41) is 1.73. The molecule has 26 heavy (non-hydrogen) atoms. The highest BCUT2D eigenvalue weighted by atomic mass is 32.2. The van der Waals surface area contributed by atoms with Gasteiger partial charge in [-0.15, -0.1) is 11.3 Å². The molecule has 1 aromatic heterocycles. The van der Waals surface area contributed by atoms with Crippen molar-refractivity contribution in [3.05, 3.63) is 83.2 Å². The van der Waals surface area contributed by atoms with Crippen LogP contribution in [0.25, 0.3) is 0 Å². The van der Waals surface area contributed by atoms with Gasteiger partial charge in [0.1, 0.15) is 4.21 Å². The summed E-state index contributed by atoms with van der Waals surface area (Å²) in [6.45, 7) is 3.83. The minimum Gasteiger partial charge on any atom is -0.367 e. The fourth-order valence-corrected chi connectivity index (χ4v) is 4.40. The molecule has 3 rings (SSSR count). The summed E-state index contributed by atoms with van der Waals surface area (Å²) in [7, 11) is -3.61. The van der Waals surface area contributed by atoms with E-state index in [4.69, 9.17) is 0 Å². The lowest BCUT2D eigenvalue weighted by Gasteiger charge is -2.23. The van der Waals surface area contributed by atoms with Crippen molar-refractivity contribution in [1.82, 2.24) is 0 Å². The molecule has 0 aliphatic carbocycles. The van der Waals surface area contributed by atoms with Gasteiger partial charge in [-0.3, -0.25) is 0 Å². The largest absolute Gasteiger partial charge is 0.367 e. The zero-order chi connectivity index (χ0) is 18.4. The number of sulfonamides is 1. The van der Waals surface area contributed by atoms with Crippen molar-refractivity contribution in [2.75, 3.05) is 11.4 Å². The maximum atomic E-state index is 12.1. The SMILES string of the molecule is CCN(Cc1ccccc1)c1ccc(/C=N\S(=O)(=O)c2cccs2)cc1. The van der Waals surface area contributed by atoms with Crippen LogP contribution in [-0.2, 0) is 16.6 Å². The van der Waals surface area contributed by atoms with Gasteiger partial charge in [-0.05, 0) is 41.6 Å². The average molecular weight is 385 g/mol. The molecule has 3 aromatic rings. The second kappa shape index (κ2) is 8.29. The lowest BCUT2D eigenvalue weighted by molar-refractivity contribution is 0.600. The van der Waals surface area contributed by atoms with Crippen molar-refractivity contribution in [3.63, 3.8) is 0 Å². The zero-order valence-corrected chi connectivity index (χ0v) is 16.1. The van der Waals surface area contributed by atoms with Gasteiger partial charge in [-0.1, -0.05) is 48.5 Å².